The normalized spacial score (nSPS) is 15.2. The number of amides is 1. The quantitative estimate of drug-likeness (QED) is 0.546. The second kappa shape index (κ2) is 8.43. The Hall–Kier alpha value is -3.32. The zero-order valence-electron chi connectivity index (χ0n) is 17.5. The van der Waals surface area contributed by atoms with Crippen LogP contribution in [0.15, 0.2) is 42.5 Å². The van der Waals surface area contributed by atoms with Gasteiger partial charge in [-0.15, -0.1) is 11.3 Å². The van der Waals surface area contributed by atoms with E-state index in [4.69, 9.17) is 9.47 Å². The maximum atomic E-state index is 12.7. The van der Waals surface area contributed by atoms with Crippen LogP contribution in [0.4, 0.5) is 5.69 Å². The summed E-state index contributed by atoms with van der Waals surface area (Å²) >= 11 is 1.20. The van der Waals surface area contributed by atoms with Crippen molar-refractivity contribution in [3.63, 3.8) is 0 Å². The third kappa shape index (κ3) is 3.77. The van der Waals surface area contributed by atoms with Crippen LogP contribution in [-0.2, 0) is 4.79 Å². The highest BCUT2D eigenvalue weighted by Gasteiger charge is 2.36. The van der Waals surface area contributed by atoms with Crippen LogP contribution in [0.25, 0.3) is 11.1 Å². The summed E-state index contributed by atoms with van der Waals surface area (Å²) in [6.45, 7) is 4.30. The Bertz CT molecular complexity index is 1150. The van der Waals surface area contributed by atoms with Gasteiger partial charge in [0.1, 0.15) is 4.88 Å². The van der Waals surface area contributed by atoms with Gasteiger partial charge in [-0.1, -0.05) is 42.0 Å². The number of hydrogen-bond donors (Lipinski definition) is 2. The molecule has 3 aromatic rings. The fourth-order valence-corrected chi connectivity index (χ4v) is 5.19. The van der Waals surface area contributed by atoms with E-state index in [1.165, 1.54) is 11.3 Å². The molecule has 1 amide bonds. The van der Waals surface area contributed by atoms with Crippen molar-refractivity contribution in [3.05, 3.63) is 63.3 Å². The fraction of sp³-hybridized carbons (Fsp3) is 0.250. The lowest BCUT2D eigenvalue weighted by atomic mass is 9.88. The number of ether oxygens (including phenoxy) is 2. The lowest BCUT2D eigenvalue weighted by Crippen LogP contribution is -2.23. The Morgan fingerprint density at radius 1 is 1.23 bits per heavy atom. The molecule has 1 aliphatic rings. The maximum absolute atomic E-state index is 12.7. The molecule has 0 bridgehead atoms. The Morgan fingerprint density at radius 2 is 1.97 bits per heavy atom. The third-order valence-electron chi connectivity index (χ3n) is 5.33. The van der Waals surface area contributed by atoms with Gasteiger partial charge >= 0.3 is 5.97 Å². The number of thiophene rings is 1. The molecule has 1 atom stereocenters. The van der Waals surface area contributed by atoms with Crippen molar-refractivity contribution in [1.82, 2.24) is 0 Å². The fourth-order valence-electron chi connectivity index (χ4n) is 3.95. The van der Waals surface area contributed by atoms with Crippen molar-refractivity contribution in [1.29, 1.82) is 0 Å². The van der Waals surface area contributed by atoms with Gasteiger partial charge in [0.05, 0.1) is 19.4 Å². The van der Waals surface area contributed by atoms with E-state index in [1.54, 1.807) is 7.11 Å². The summed E-state index contributed by atoms with van der Waals surface area (Å²) in [6.07, 6.45) is 0.202. The van der Waals surface area contributed by atoms with Gasteiger partial charge in [-0.05, 0) is 25.5 Å². The largest absolute Gasteiger partial charge is 0.493 e. The second-order valence-corrected chi connectivity index (χ2v) is 8.39. The number of aryl methyl sites for hydroxylation is 1. The number of hydrogen-bond acceptors (Lipinski definition) is 5. The third-order valence-corrected chi connectivity index (χ3v) is 6.63. The van der Waals surface area contributed by atoms with Crippen molar-refractivity contribution >= 4 is 28.9 Å². The van der Waals surface area contributed by atoms with Gasteiger partial charge in [0.15, 0.2) is 11.5 Å². The number of anilines is 1. The van der Waals surface area contributed by atoms with Crippen molar-refractivity contribution in [2.45, 2.75) is 26.2 Å². The smallest absolute Gasteiger partial charge is 0.346 e. The molecule has 31 heavy (non-hydrogen) atoms. The predicted molar refractivity (Wildman–Crippen MR) is 121 cm³/mol. The Kier molecular flexibility index (Phi) is 5.69. The van der Waals surface area contributed by atoms with Gasteiger partial charge in [0.25, 0.3) is 0 Å². The van der Waals surface area contributed by atoms with Crippen LogP contribution in [0.2, 0.25) is 0 Å². The summed E-state index contributed by atoms with van der Waals surface area (Å²) < 4.78 is 11.4. The summed E-state index contributed by atoms with van der Waals surface area (Å²) in [5.74, 6) is -0.340. The first-order valence-electron chi connectivity index (χ1n) is 10.0. The number of carbonyl (C=O) groups is 2. The van der Waals surface area contributed by atoms with Crippen LogP contribution in [-0.4, -0.2) is 30.7 Å². The van der Waals surface area contributed by atoms with Crippen LogP contribution in [0, 0.1) is 6.92 Å². The predicted octanol–water partition coefficient (Wildman–Crippen LogP) is 5.30. The van der Waals surface area contributed by atoms with Crippen molar-refractivity contribution < 1.29 is 24.2 Å². The molecule has 1 aliphatic heterocycles. The van der Waals surface area contributed by atoms with E-state index in [-0.39, 0.29) is 23.1 Å². The topological polar surface area (TPSA) is 84.9 Å². The van der Waals surface area contributed by atoms with Gasteiger partial charge in [0, 0.05) is 28.3 Å². The second-order valence-electron chi connectivity index (χ2n) is 7.33. The molecule has 1 aromatic heterocycles. The lowest BCUT2D eigenvalue weighted by molar-refractivity contribution is -0.116. The highest BCUT2D eigenvalue weighted by molar-refractivity contribution is 7.15. The summed E-state index contributed by atoms with van der Waals surface area (Å²) in [5, 5.41) is 12.9. The molecule has 0 saturated carbocycles. The van der Waals surface area contributed by atoms with Crippen LogP contribution >= 0.6 is 11.3 Å². The van der Waals surface area contributed by atoms with E-state index in [0.29, 0.717) is 29.4 Å². The molecule has 0 aliphatic carbocycles. The lowest BCUT2D eigenvalue weighted by Gasteiger charge is -2.26. The Morgan fingerprint density at radius 3 is 2.61 bits per heavy atom. The first-order valence-corrected chi connectivity index (χ1v) is 10.8. The maximum Gasteiger partial charge on any atom is 0.346 e. The van der Waals surface area contributed by atoms with E-state index >= 15 is 0 Å². The molecule has 2 heterocycles. The van der Waals surface area contributed by atoms with Gasteiger partial charge < -0.3 is 19.9 Å². The number of benzene rings is 2. The van der Waals surface area contributed by atoms with E-state index in [9.17, 15) is 14.7 Å². The molecule has 4 rings (SSSR count). The Balaban J connectivity index is 1.94. The summed E-state index contributed by atoms with van der Waals surface area (Å²) in [7, 11) is 1.57. The number of methoxy groups -OCH3 is 1. The van der Waals surface area contributed by atoms with Crippen LogP contribution < -0.4 is 14.8 Å². The molecule has 6 nitrogen and oxygen atoms in total. The minimum atomic E-state index is -1.02. The van der Waals surface area contributed by atoms with Gasteiger partial charge in [-0.25, -0.2) is 4.79 Å². The van der Waals surface area contributed by atoms with Gasteiger partial charge in [0.2, 0.25) is 5.91 Å². The molecular weight excluding hydrogens is 414 g/mol. The van der Waals surface area contributed by atoms with E-state index in [1.807, 2.05) is 56.3 Å². The van der Waals surface area contributed by atoms with E-state index in [0.717, 1.165) is 21.6 Å². The number of nitrogens with one attached hydrogen (secondary N) is 1. The summed E-state index contributed by atoms with van der Waals surface area (Å²) in [5.41, 5.74) is 3.76. The molecule has 7 heteroatoms. The Labute approximate surface area is 184 Å². The molecule has 0 saturated heterocycles. The number of carboxylic acids is 1. The average molecular weight is 438 g/mol. The van der Waals surface area contributed by atoms with E-state index < -0.39 is 5.97 Å². The number of carbonyl (C=O) groups excluding carboxylic acids is 1. The monoisotopic (exact) mass is 437 g/mol. The van der Waals surface area contributed by atoms with Crippen molar-refractivity contribution in [2.75, 3.05) is 19.0 Å². The molecule has 0 radical (unpaired) electrons. The number of para-hydroxylation sites is 1. The number of aromatic carboxylic acids is 1. The molecule has 2 aromatic carbocycles. The molecule has 2 N–H and O–H groups in total. The number of fused-ring (bicyclic) bond motifs is 1. The van der Waals surface area contributed by atoms with Crippen LogP contribution in [0.5, 0.6) is 11.5 Å². The standard InChI is InChI=1S/C24H23NO5S/c1-4-30-21-15(6-5-7-17(21)29-3)16-12-18(26)25-20-19(14-10-8-13(2)9-11-14)23(24(27)28)31-22(16)20/h5-11,16H,4,12H2,1-3H3,(H,25,26)(H,27,28)/t16-/m1/s1. The summed E-state index contributed by atoms with van der Waals surface area (Å²) in [6, 6.07) is 13.2. The molecule has 160 valence electrons. The molecular formula is C24H23NO5S. The zero-order valence-corrected chi connectivity index (χ0v) is 18.3. The van der Waals surface area contributed by atoms with E-state index in [2.05, 4.69) is 5.32 Å². The minimum Gasteiger partial charge on any atom is -0.493 e. The highest BCUT2D eigenvalue weighted by Crippen LogP contribution is 2.51. The minimum absolute atomic E-state index is 0.161. The van der Waals surface area contributed by atoms with Crippen molar-refractivity contribution in [3.8, 4) is 22.6 Å². The average Bonchev–Trinajstić information content (AvgIpc) is 3.14. The summed E-state index contributed by atoms with van der Waals surface area (Å²) in [4.78, 5) is 25.9. The van der Waals surface area contributed by atoms with Crippen molar-refractivity contribution in [2.24, 2.45) is 0 Å². The number of rotatable bonds is 6. The van der Waals surface area contributed by atoms with Crippen LogP contribution in [0.3, 0.4) is 0 Å². The SMILES string of the molecule is CCOc1c(OC)cccc1[C@H]1CC(=O)Nc2c1sc(C(=O)O)c2-c1ccc(C)cc1. The van der Waals surface area contributed by atoms with Crippen LogP contribution in [0.1, 0.15) is 44.9 Å². The first-order chi connectivity index (χ1) is 14.9. The highest BCUT2D eigenvalue weighted by atomic mass is 32.1. The number of carboxylic acid groups (broad SMARTS) is 1. The van der Waals surface area contributed by atoms with Gasteiger partial charge in [-0.3, -0.25) is 4.79 Å². The zero-order chi connectivity index (χ0) is 22.1. The molecule has 0 spiro atoms. The molecule has 0 unspecified atom stereocenters. The van der Waals surface area contributed by atoms with Gasteiger partial charge in [-0.2, -0.15) is 0 Å². The molecule has 0 fully saturated rings. The first kappa shape index (κ1) is 20.9.